The van der Waals surface area contributed by atoms with Crippen LogP contribution in [0.4, 0.5) is 27.8 Å². The van der Waals surface area contributed by atoms with Gasteiger partial charge in [-0.2, -0.15) is 9.97 Å². The average Bonchev–Trinajstić information content (AvgIpc) is 3.81. The highest BCUT2D eigenvalue weighted by molar-refractivity contribution is 6.04. The third-order valence-corrected chi connectivity index (χ3v) is 11.6. The fraction of sp³-hybridized carbons (Fsp3) is 0.474. The summed E-state index contributed by atoms with van der Waals surface area (Å²) in [6.07, 6.45) is 0.287. The van der Waals surface area contributed by atoms with Gasteiger partial charge in [-0.25, -0.2) is 18.6 Å². The number of anilines is 1. The molecule has 1 atom stereocenters. The van der Waals surface area contributed by atoms with Gasteiger partial charge in [-0.05, 0) is 88.5 Å². The van der Waals surface area contributed by atoms with Crippen molar-refractivity contribution in [3.05, 3.63) is 63.7 Å². The number of alkyl halides is 3. The topological polar surface area (TPSA) is 130 Å². The molecular weight excluding hydrogens is 731 g/mol. The Labute approximate surface area is 310 Å². The molecule has 7 heterocycles. The van der Waals surface area contributed by atoms with Crippen LogP contribution in [0.5, 0.6) is 17.5 Å². The Morgan fingerprint density at radius 3 is 2.55 bits per heavy atom. The number of phenols is 1. The van der Waals surface area contributed by atoms with Crippen LogP contribution in [0, 0.1) is 18.6 Å². The lowest BCUT2D eigenvalue weighted by Crippen LogP contribution is -2.53. The van der Waals surface area contributed by atoms with Gasteiger partial charge in [0.1, 0.15) is 35.1 Å². The van der Waals surface area contributed by atoms with Crippen LogP contribution in [0.1, 0.15) is 55.7 Å². The molecule has 0 bridgehead atoms. The summed E-state index contributed by atoms with van der Waals surface area (Å²) < 4.78 is 94.1. The number of nitrogens with zero attached hydrogens (tertiary/aromatic N) is 6. The molecule has 2 aromatic carbocycles. The Hall–Kier alpha value is -5.03. The molecule has 3 saturated heterocycles. The number of ether oxygens (including phenoxy) is 2. The molecule has 0 saturated carbocycles. The molecule has 9 rings (SSSR count). The maximum Gasteiger partial charge on any atom is 0.573 e. The smallest absolute Gasteiger partial charge is 0.508 e. The number of pyridine rings is 1. The summed E-state index contributed by atoms with van der Waals surface area (Å²) in [7, 11) is 0. The van der Waals surface area contributed by atoms with Crippen LogP contribution in [0.25, 0.3) is 32.9 Å². The molecule has 4 aliphatic heterocycles. The van der Waals surface area contributed by atoms with E-state index in [-0.39, 0.29) is 34.1 Å². The Balaban J connectivity index is 1.19. The number of hydrogen-bond donors (Lipinski definition) is 1. The molecule has 3 fully saturated rings. The van der Waals surface area contributed by atoms with Crippen molar-refractivity contribution in [2.45, 2.75) is 76.4 Å². The zero-order valence-electron chi connectivity index (χ0n) is 29.8. The van der Waals surface area contributed by atoms with E-state index in [1.807, 2.05) is 0 Å². The Morgan fingerprint density at radius 2 is 1.80 bits per heavy atom. The van der Waals surface area contributed by atoms with Gasteiger partial charge >= 0.3 is 18.2 Å². The number of aromatic nitrogens is 3. The molecule has 12 nitrogen and oxygen atoms in total. The lowest BCUT2D eigenvalue weighted by Gasteiger charge is -2.43. The van der Waals surface area contributed by atoms with Gasteiger partial charge in [0, 0.05) is 36.6 Å². The molecule has 0 radical (unpaired) electrons. The molecule has 4 aliphatic rings. The summed E-state index contributed by atoms with van der Waals surface area (Å²) in [5, 5.41) is 10.6. The molecule has 5 aromatic rings. The Morgan fingerprint density at radius 1 is 1.00 bits per heavy atom. The quantitative estimate of drug-likeness (QED) is 0.179. The summed E-state index contributed by atoms with van der Waals surface area (Å²) in [6.45, 7) is 5.84. The highest BCUT2D eigenvalue weighted by Crippen LogP contribution is 2.45. The lowest BCUT2D eigenvalue weighted by molar-refractivity contribution is -0.275. The third-order valence-electron chi connectivity index (χ3n) is 11.6. The molecule has 17 heteroatoms. The average molecular weight is 769 g/mol. The maximum absolute atomic E-state index is 17.3. The van der Waals surface area contributed by atoms with Gasteiger partial charge in [-0.1, -0.05) is 6.07 Å². The highest BCUT2D eigenvalue weighted by Gasteiger charge is 2.45. The first-order valence-corrected chi connectivity index (χ1v) is 18.4. The number of piperazine rings is 1. The second kappa shape index (κ2) is 13.3. The van der Waals surface area contributed by atoms with Gasteiger partial charge < -0.3 is 28.3 Å². The van der Waals surface area contributed by atoms with E-state index in [4.69, 9.17) is 23.5 Å². The van der Waals surface area contributed by atoms with Gasteiger partial charge in [0.15, 0.2) is 23.1 Å². The van der Waals surface area contributed by atoms with E-state index in [0.717, 1.165) is 57.0 Å². The summed E-state index contributed by atoms with van der Waals surface area (Å²) in [5.74, 6) is -3.36. The first-order valence-electron chi connectivity index (χ1n) is 18.4. The third kappa shape index (κ3) is 6.40. The van der Waals surface area contributed by atoms with E-state index >= 15 is 8.78 Å². The molecule has 0 amide bonds. The second-order valence-electron chi connectivity index (χ2n) is 14.9. The second-order valence-corrected chi connectivity index (χ2v) is 14.9. The molecule has 0 aliphatic carbocycles. The minimum absolute atomic E-state index is 0.0189. The molecule has 1 N–H and O–H groups in total. The molecule has 55 heavy (non-hydrogen) atoms. The minimum Gasteiger partial charge on any atom is -0.508 e. The first-order chi connectivity index (χ1) is 26.4. The van der Waals surface area contributed by atoms with Crippen molar-refractivity contribution in [3.8, 4) is 28.8 Å². The summed E-state index contributed by atoms with van der Waals surface area (Å²) in [6, 6.07) is 4.01. The lowest BCUT2D eigenvalue weighted by atomic mass is 9.95. The highest BCUT2D eigenvalue weighted by atomic mass is 19.4. The van der Waals surface area contributed by atoms with Crippen LogP contribution in [-0.2, 0) is 13.0 Å². The van der Waals surface area contributed by atoms with Crippen LogP contribution in [0.3, 0.4) is 0 Å². The zero-order chi connectivity index (χ0) is 38.2. The predicted octanol–water partition coefficient (Wildman–Crippen LogP) is 6.62. The number of fused-ring (bicyclic) bond motifs is 4. The van der Waals surface area contributed by atoms with Crippen molar-refractivity contribution >= 4 is 27.5 Å². The van der Waals surface area contributed by atoms with Crippen molar-refractivity contribution in [3.63, 3.8) is 0 Å². The predicted molar refractivity (Wildman–Crippen MR) is 188 cm³/mol. The molecule has 1 unspecified atom stereocenters. The SMILES string of the molecule is Cc1oc(=O)oc1CN1CCN2c3nc(OCC45CCCN4CCC5)nc4c(F)c(-c5cc(O)cc6ccc(F)c(OC(F)(F)F)c56)nc(c34)CCCC2C1. The van der Waals surface area contributed by atoms with Crippen molar-refractivity contribution in [1.29, 1.82) is 0 Å². The summed E-state index contributed by atoms with van der Waals surface area (Å²) >= 11 is 0. The fourth-order valence-electron chi connectivity index (χ4n) is 9.11. The van der Waals surface area contributed by atoms with Gasteiger partial charge in [0.05, 0.1) is 23.2 Å². The minimum atomic E-state index is -5.27. The van der Waals surface area contributed by atoms with Crippen molar-refractivity contribution in [2.75, 3.05) is 44.2 Å². The summed E-state index contributed by atoms with van der Waals surface area (Å²) in [4.78, 5) is 32.6. The molecule has 0 spiro atoms. The van der Waals surface area contributed by atoms with E-state index in [1.54, 1.807) is 6.92 Å². The van der Waals surface area contributed by atoms with Crippen molar-refractivity contribution in [2.24, 2.45) is 0 Å². The number of rotatable bonds is 7. The van der Waals surface area contributed by atoms with Crippen LogP contribution in [0.2, 0.25) is 0 Å². The van der Waals surface area contributed by atoms with Gasteiger partial charge in [-0.15, -0.1) is 13.2 Å². The van der Waals surface area contributed by atoms with Crippen molar-refractivity contribution in [1.82, 2.24) is 24.8 Å². The largest absolute Gasteiger partial charge is 0.573 e. The number of aromatic hydroxyl groups is 1. The van der Waals surface area contributed by atoms with Gasteiger partial charge in [-0.3, -0.25) is 9.80 Å². The molecular formula is C38H37F5N6O6. The monoisotopic (exact) mass is 768 g/mol. The molecule has 290 valence electrons. The molecule has 3 aromatic heterocycles. The van der Waals surface area contributed by atoms with Gasteiger partial charge in [0.2, 0.25) is 0 Å². The van der Waals surface area contributed by atoms with Crippen LogP contribution in [-0.4, -0.2) is 87.1 Å². The number of benzene rings is 2. The summed E-state index contributed by atoms with van der Waals surface area (Å²) in [5.41, 5.74) is -0.658. The normalized spacial score (nSPS) is 20.1. The first kappa shape index (κ1) is 35.7. The number of halogens is 5. The standard InChI is InChI=1S/C38H37F5N6O6/c1-20-27(54-36(51)53-20)18-47-13-14-49-22(17-47)5-2-6-26-29-32(45-35(46-34(29)49)52-19-37-9-3-11-48(37)12-4-10-37)30(40)31(44-26)24-16-23(50)15-21-7-8-25(39)33(28(21)24)55-38(41,42)43/h7-8,15-16,22,50H,2-6,9-14,17-19H2,1H3. The zero-order valence-corrected chi connectivity index (χ0v) is 29.8. The number of aryl methyl sites for hydroxylation is 2. The van der Waals surface area contributed by atoms with E-state index in [9.17, 15) is 23.1 Å². The Kier molecular flexibility index (Phi) is 8.64. The maximum atomic E-state index is 17.3. The fourth-order valence-corrected chi connectivity index (χ4v) is 9.11. The van der Waals surface area contributed by atoms with E-state index in [0.29, 0.717) is 80.5 Å². The van der Waals surface area contributed by atoms with Crippen molar-refractivity contribution < 1.29 is 45.4 Å². The number of hydrogen-bond acceptors (Lipinski definition) is 12. The van der Waals surface area contributed by atoms with Gasteiger partial charge in [0.25, 0.3) is 0 Å². The van der Waals surface area contributed by atoms with E-state index < -0.39 is 46.4 Å². The van der Waals surface area contributed by atoms with Crippen LogP contribution < -0.4 is 20.2 Å². The van der Waals surface area contributed by atoms with E-state index in [1.165, 1.54) is 6.07 Å². The van der Waals surface area contributed by atoms with E-state index in [2.05, 4.69) is 24.4 Å². The Bertz CT molecular complexity index is 2370. The van der Waals surface area contributed by atoms with Crippen LogP contribution >= 0.6 is 0 Å². The number of phenolic OH excluding ortho intramolecular Hbond substituents is 1. The van der Waals surface area contributed by atoms with Crippen LogP contribution in [0.15, 0.2) is 37.9 Å².